The molecule has 0 spiro atoms. The predicted octanol–water partition coefficient (Wildman–Crippen LogP) is 2.15. The van der Waals surface area contributed by atoms with Gasteiger partial charge in [0.1, 0.15) is 18.1 Å². The van der Waals surface area contributed by atoms with E-state index in [9.17, 15) is 4.79 Å². The summed E-state index contributed by atoms with van der Waals surface area (Å²) in [5, 5.41) is 2.97. The second-order valence-electron chi connectivity index (χ2n) is 6.10. The zero-order valence-electron chi connectivity index (χ0n) is 13.1. The van der Waals surface area contributed by atoms with Crippen LogP contribution < -0.4 is 20.5 Å². The Labute approximate surface area is 125 Å². The fourth-order valence-corrected chi connectivity index (χ4v) is 2.07. The minimum Gasteiger partial charge on any atom is -0.491 e. The Morgan fingerprint density at radius 1 is 1.57 bits per heavy atom. The van der Waals surface area contributed by atoms with Gasteiger partial charge < -0.3 is 20.5 Å². The molecule has 5 nitrogen and oxygen atoms in total. The Morgan fingerprint density at radius 3 is 2.95 bits per heavy atom. The van der Waals surface area contributed by atoms with E-state index in [0.717, 1.165) is 17.7 Å². The van der Waals surface area contributed by atoms with Gasteiger partial charge in [-0.25, -0.2) is 0 Å². The van der Waals surface area contributed by atoms with Crippen LogP contribution in [0.5, 0.6) is 11.5 Å². The van der Waals surface area contributed by atoms with Crippen LogP contribution in [0.3, 0.4) is 0 Å². The molecule has 5 heteroatoms. The average molecular weight is 292 g/mol. The zero-order chi connectivity index (χ0) is 15.6. The summed E-state index contributed by atoms with van der Waals surface area (Å²) in [6, 6.07) is 5.42. The van der Waals surface area contributed by atoms with Crippen molar-refractivity contribution in [3.05, 3.63) is 23.8 Å². The number of carbonyl (C=O) groups is 1. The van der Waals surface area contributed by atoms with E-state index in [-0.39, 0.29) is 17.5 Å². The monoisotopic (exact) mass is 292 g/mol. The number of hydrogen-bond acceptors (Lipinski definition) is 4. The molecule has 1 heterocycles. The highest BCUT2D eigenvalue weighted by atomic mass is 16.5. The normalized spacial score (nSPS) is 18.6. The van der Waals surface area contributed by atoms with Gasteiger partial charge in [0.2, 0.25) is 0 Å². The predicted molar refractivity (Wildman–Crippen MR) is 81.5 cm³/mol. The molecular formula is C16H24N2O3. The lowest BCUT2D eigenvalue weighted by molar-refractivity contribution is -0.128. The van der Waals surface area contributed by atoms with Gasteiger partial charge in [-0.05, 0) is 39.3 Å². The SMILES string of the molecule is CCC(C)(C)NC(=O)C(C)Oc1ccc2c(c1)OCC2N. The first-order valence-corrected chi connectivity index (χ1v) is 7.33. The van der Waals surface area contributed by atoms with Gasteiger partial charge >= 0.3 is 0 Å². The van der Waals surface area contributed by atoms with Crippen LogP contribution in [0, 0.1) is 0 Å². The van der Waals surface area contributed by atoms with Crippen LogP contribution in [0.25, 0.3) is 0 Å². The molecule has 21 heavy (non-hydrogen) atoms. The van der Waals surface area contributed by atoms with Gasteiger partial charge in [-0.1, -0.05) is 6.92 Å². The first kappa shape index (κ1) is 15.6. The topological polar surface area (TPSA) is 73.6 Å². The van der Waals surface area contributed by atoms with E-state index in [2.05, 4.69) is 5.32 Å². The minimum absolute atomic E-state index is 0.0832. The molecule has 0 bridgehead atoms. The van der Waals surface area contributed by atoms with E-state index in [0.29, 0.717) is 12.4 Å². The number of fused-ring (bicyclic) bond motifs is 1. The van der Waals surface area contributed by atoms with Crippen LogP contribution in [0.1, 0.15) is 45.7 Å². The molecule has 0 aliphatic carbocycles. The molecule has 0 fully saturated rings. The molecule has 2 rings (SSSR count). The molecule has 0 saturated carbocycles. The molecule has 116 valence electrons. The number of nitrogens with two attached hydrogens (primary N) is 1. The fourth-order valence-electron chi connectivity index (χ4n) is 2.07. The molecule has 1 amide bonds. The fraction of sp³-hybridized carbons (Fsp3) is 0.562. The van der Waals surface area contributed by atoms with Gasteiger partial charge in [0.05, 0.1) is 6.04 Å². The summed E-state index contributed by atoms with van der Waals surface area (Å²) in [6.07, 6.45) is 0.291. The van der Waals surface area contributed by atoms with Gasteiger partial charge in [-0.15, -0.1) is 0 Å². The highest BCUT2D eigenvalue weighted by Crippen LogP contribution is 2.34. The van der Waals surface area contributed by atoms with Gasteiger partial charge in [0, 0.05) is 17.2 Å². The Morgan fingerprint density at radius 2 is 2.29 bits per heavy atom. The maximum absolute atomic E-state index is 12.1. The Balaban J connectivity index is 2.00. The highest BCUT2D eigenvalue weighted by molar-refractivity contribution is 5.81. The van der Waals surface area contributed by atoms with E-state index < -0.39 is 6.10 Å². The van der Waals surface area contributed by atoms with E-state index in [1.165, 1.54) is 0 Å². The summed E-state index contributed by atoms with van der Waals surface area (Å²) < 4.78 is 11.2. The molecular weight excluding hydrogens is 268 g/mol. The van der Waals surface area contributed by atoms with Gasteiger partial charge in [0.25, 0.3) is 5.91 Å². The van der Waals surface area contributed by atoms with E-state index in [4.69, 9.17) is 15.2 Å². The number of rotatable bonds is 5. The van der Waals surface area contributed by atoms with Crippen molar-refractivity contribution in [1.29, 1.82) is 0 Å². The molecule has 3 N–H and O–H groups in total. The number of carbonyl (C=O) groups excluding carboxylic acids is 1. The lowest BCUT2D eigenvalue weighted by Gasteiger charge is -2.26. The smallest absolute Gasteiger partial charge is 0.261 e. The van der Waals surface area contributed by atoms with Gasteiger partial charge in [0.15, 0.2) is 6.10 Å². The average Bonchev–Trinajstić information content (AvgIpc) is 2.79. The molecule has 0 radical (unpaired) electrons. The first-order valence-electron chi connectivity index (χ1n) is 7.33. The summed E-state index contributed by atoms with van der Waals surface area (Å²) >= 11 is 0. The lowest BCUT2D eigenvalue weighted by atomic mass is 10.0. The Hall–Kier alpha value is -1.75. The van der Waals surface area contributed by atoms with Crippen LogP contribution in [-0.2, 0) is 4.79 Å². The van der Waals surface area contributed by atoms with Crippen molar-refractivity contribution in [2.75, 3.05) is 6.61 Å². The number of nitrogens with one attached hydrogen (secondary N) is 1. The van der Waals surface area contributed by atoms with Crippen LogP contribution in [0.2, 0.25) is 0 Å². The van der Waals surface area contributed by atoms with Gasteiger partial charge in [-0.3, -0.25) is 4.79 Å². The molecule has 2 unspecified atom stereocenters. The number of amides is 1. The van der Waals surface area contributed by atoms with Gasteiger partial charge in [-0.2, -0.15) is 0 Å². The largest absolute Gasteiger partial charge is 0.491 e. The minimum atomic E-state index is -0.566. The highest BCUT2D eigenvalue weighted by Gasteiger charge is 2.24. The number of benzene rings is 1. The Bertz CT molecular complexity index is 528. The summed E-state index contributed by atoms with van der Waals surface area (Å²) in [7, 11) is 0. The third-order valence-corrected chi connectivity index (χ3v) is 3.83. The van der Waals surface area contributed by atoms with Crippen molar-refractivity contribution < 1.29 is 14.3 Å². The quantitative estimate of drug-likeness (QED) is 0.872. The van der Waals surface area contributed by atoms with Crippen LogP contribution in [-0.4, -0.2) is 24.2 Å². The summed E-state index contributed by atoms with van der Waals surface area (Å²) in [6.45, 7) is 8.23. The zero-order valence-corrected chi connectivity index (χ0v) is 13.1. The molecule has 0 aromatic heterocycles. The van der Waals surface area contributed by atoms with E-state index >= 15 is 0 Å². The molecule has 2 atom stereocenters. The van der Waals surface area contributed by atoms with Crippen LogP contribution in [0.15, 0.2) is 18.2 Å². The van der Waals surface area contributed by atoms with Crippen molar-refractivity contribution >= 4 is 5.91 Å². The Kier molecular flexibility index (Phi) is 4.42. The standard InChI is InChI=1S/C16H24N2O3/c1-5-16(3,4)18-15(19)10(2)21-11-6-7-12-13(17)9-20-14(12)8-11/h6-8,10,13H,5,9,17H2,1-4H3,(H,18,19). The first-order chi connectivity index (χ1) is 9.82. The van der Waals surface area contributed by atoms with Crippen LogP contribution in [0.4, 0.5) is 0 Å². The third-order valence-electron chi connectivity index (χ3n) is 3.83. The molecule has 0 saturated heterocycles. The molecule has 1 aromatic carbocycles. The third kappa shape index (κ3) is 3.67. The molecule has 1 aliphatic heterocycles. The van der Waals surface area contributed by atoms with Crippen molar-refractivity contribution in [2.24, 2.45) is 5.73 Å². The number of hydrogen-bond donors (Lipinski definition) is 2. The van der Waals surface area contributed by atoms with Crippen molar-refractivity contribution in [3.63, 3.8) is 0 Å². The summed E-state index contributed by atoms with van der Waals surface area (Å²) in [5.74, 6) is 1.22. The summed E-state index contributed by atoms with van der Waals surface area (Å²) in [4.78, 5) is 12.1. The van der Waals surface area contributed by atoms with Crippen molar-refractivity contribution in [2.45, 2.75) is 51.8 Å². The maximum Gasteiger partial charge on any atom is 0.261 e. The van der Waals surface area contributed by atoms with Crippen molar-refractivity contribution in [3.8, 4) is 11.5 Å². The van der Waals surface area contributed by atoms with Crippen molar-refractivity contribution in [1.82, 2.24) is 5.32 Å². The van der Waals surface area contributed by atoms with Crippen LogP contribution >= 0.6 is 0 Å². The summed E-state index contributed by atoms with van der Waals surface area (Å²) in [5.41, 5.74) is 6.65. The number of ether oxygens (including phenoxy) is 2. The lowest BCUT2D eigenvalue weighted by Crippen LogP contribution is -2.48. The maximum atomic E-state index is 12.1. The molecule has 1 aromatic rings. The second-order valence-corrected chi connectivity index (χ2v) is 6.10. The van der Waals surface area contributed by atoms with E-state index in [1.54, 1.807) is 13.0 Å². The molecule has 1 aliphatic rings. The van der Waals surface area contributed by atoms with E-state index in [1.807, 2.05) is 32.9 Å². The second kappa shape index (κ2) is 5.93.